The van der Waals surface area contributed by atoms with E-state index in [4.69, 9.17) is 0 Å². The Hall–Kier alpha value is -0.590. The Labute approximate surface area is 92.8 Å². The summed E-state index contributed by atoms with van der Waals surface area (Å²) < 4.78 is 42.1. The second-order valence-electron chi connectivity index (χ2n) is 2.80. The van der Waals surface area contributed by atoms with Gasteiger partial charge in [0.25, 0.3) is 0 Å². The van der Waals surface area contributed by atoms with Crippen molar-refractivity contribution in [3.05, 3.63) is 33.8 Å². The Morgan fingerprint density at radius 2 is 2.00 bits per heavy atom. The van der Waals surface area contributed by atoms with Crippen molar-refractivity contribution < 1.29 is 23.0 Å². The standard InChI is InChI=1S/C9H7BrF3O2/c1-15-8(14)6-3-2-5(10)4-7(6)9(11,12)13/h2-4,8H,1H3. The number of hydrogen-bond acceptors (Lipinski definition) is 1. The third-order valence-electron chi connectivity index (χ3n) is 1.79. The summed E-state index contributed by atoms with van der Waals surface area (Å²) in [7, 11) is 1.07. The van der Waals surface area contributed by atoms with Gasteiger partial charge < -0.3 is 4.74 Å². The first kappa shape index (κ1) is 12.5. The van der Waals surface area contributed by atoms with Crippen molar-refractivity contribution in [1.29, 1.82) is 0 Å². The number of benzene rings is 1. The van der Waals surface area contributed by atoms with Gasteiger partial charge in [0, 0.05) is 17.1 Å². The average molecular weight is 284 g/mol. The lowest BCUT2D eigenvalue weighted by molar-refractivity contribution is -0.152. The van der Waals surface area contributed by atoms with Crippen LogP contribution >= 0.6 is 15.9 Å². The van der Waals surface area contributed by atoms with Crippen molar-refractivity contribution in [1.82, 2.24) is 0 Å². The minimum absolute atomic E-state index is 0.266. The number of alkyl halides is 3. The van der Waals surface area contributed by atoms with Crippen LogP contribution in [0.1, 0.15) is 17.4 Å². The van der Waals surface area contributed by atoms with Crippen LogP contribution < -0.4 is 0 Å². The molecule has 0 saturated heterocycles. The molecule has 0 amide bonds. The first-order valence-corrected chi connectivity index (χ1v) is 4.71. The van der Waals surface area contributed by atoms with Crippen molar-refractivity contribution in [3.63, 3.8) is 0 Å². The summed E-state index contributed by atoms with van der Waals surface area (Å²) in [6.07, 6.45) is -6.38. The van der Waals surface area contributed by atoms with Crippen LogP contribution in [0, 0.1) is 0 Å². The van der Waals surface area contributed by atoms with E-state index in [0.29, 0.717) is 0 Å². The summed E-state index contributed by atoms with van der Waals surface area (Å²) in [6.45, 7) is 0. The highest BCUT2D eigenvalue weighted by atomic mass is 79.9. The summed E-state index contributed by atoms with van der Waals surface area (Å²) in [5.74, 6) is 0. The number of rotatable bonds is 2. The van der Waals surface area contributed by atoms with Crippen LogP contribution in [-0.4, -0.2) is 7.11 Å². The van der Waals surface area contributed by atoms with Crippen LogP contribution in [0.3, 0.4) is 0 Å². The number of halogens is 4. The van der Waals surface area contributed by atoms with E-state index >= 15 is 0 Å². The van der Waals surface area contributed by atoms with Gasteiger partial charge in [0.05, 0.1) is 5.56 Å². The molecule has 0 heterocycles. The van der Waals surface area contributed by atoms with E-state index in [-0.39, 0.29) is 4.47 Å². The minimum atomic E-state index is -4.56. The largest absolute Gasteiger partial charge is 0.416 e. The molecule has 0 aromatic heterocycles. The van der Waals surface area contributed by atoms with E-state index in [9.17, 15) is 18.3 Å². The maximum atomic E-state index is 12.5. The minimum Gasteiger partial charge on any atom is -0.349 e. The fourth-order valence-electron chi connectivity index (χ4n) is 1.11. The topological polar surface area (TPSA) is 29.1 Å². The van der Waals surface area contributed by atoms with Crippen LogP contribution in [0.15, 0.2) is 22.7 Å². The average Bonchev–Trinajstić information content (AvgIpc) is 2.15. The number of methoxy groups -OCH3 is 1. The molecule has 1 rings (SSSR count). The van der Waals surface area contributed by atoms with Gasteiger partial charge in [-0.1, -0.05) is 22.0 Å². The van der Waals surface area contributed by atoms with E-state index < -0.39 is 23.6 Å². The third kappa shape index (κ3) is 2.93. The molecule has 0 spiro atoms. The maximum Gasteiger partial charge on any atom is 0.416 e. The highest BCUT2D eigenvalue weighted by Gasteiger charge is 2.35. The van der Waals surface area contributed by atoms with Crippen LogP contribution in [0.25, 0.3) is 0 Å². The van der Waals surface area contributed by atoms with Gasteiger partial charge in [-0.05, 0) is 12.1 Å². The summed E-state index contributed by atoms with van der Waals surface area (Å²) >= 11 is 2.92. The SMILES string of the molecule is COC([O])c1ccc(Br)cc1C(F)(F)F. The Morgan fingerprint density at radius 3 is 2.47 bits per heavy atom. The molecule has 1 aromatic rings. The molecule has 2 nitrogen and oxygen atoms in total. The van der Waals surface area contributed by atoms with Gasteiger partial charge in [-0.25, -0.2) is 0 Å². The molecule has 0 aliphatic rings. The first-order chi connectivity index (χ1) is 6.86. The van der Waals surface area contributed by atoms with Crippen LogP contribution in [0.4, 0.5) is 13.2 Å². The molecule has 0 N–H and O–H groups in total. The van der Waals surface area contributed by atoms with E-state index in [1.54, 1.807) is 0 Å². The van der Waals surface area contributed by atoms with Crippen LogP contribution in [-0.2, 0) is 16.0 Å². The lowest BCUT2D eigenvalue weighted by Crippen LogP contribution is -2.12. The van der Waals surface area contributed by atoms with Crippen LogP contribution in [0.2, 0.25) is 0 Å². The van der Waals surface area contributed by atoms with Gasteiger partial charge in [-0.15, -0.1) is 0 Å². The molecule has 0 bridgehead atoms. The van der Waals surface area contributed by atoms with E-state index in [0.717, 1.165) is 19.2 Å². The summed E-state index contributed by atoms with van der Waals surface area (Å²) in [6, 6.07) is 3.34. The lowest BCUT2D eigenvalue weighted by atomic mass is 10.1. The molecule has 15 heavy (non-hydrogen) atoms. The van der Waals surface area contributed by atoms with Crippen molar-refractivity contribution >= 4 is 15.9 Å². The van der Waals surface area contributed by atoms with Gasteiger partial charge in [-0.2, -0.15) is 18.3 Å². The molecule has 1 atom stereocenters. The van der Waals surface area contributed by atoms with E-state index in [2.05, 4.69) is 20.7 Å². The smallest absolute Gasteiger partial charge is 0.349 e. The molecular formula is C9H7BrF3O2. The molecule has 0 aliphatic carbocycles. The molecule has 0 aliphatic heterocycles. The fourth-order valence-corrected chi connectivity index (χ4v) is 1.47. The molecular weight excluding hydrogens is 277 g/mol. The Morgan fingerprint density at radius 1 is 1.40 bits per heavy atom. The second-order valence-corrected chi connectivity index (χ2v) is 3.71. The summed E-state index contributed by atoms with van der Waals surface area (Å²) in [4.78, 5) is 0. The van der Waals surface area contributed by atoms with Gasteiger partial charge in [0.2, 0.25) is 6.29 Å². The fraction of sp³-hybridized carbons (Fsp3) is 0.333. The van der Waals surface area contributed by atoms with Gasteiger partial charge >= 0.3 is 6.18 Å². The highest BCUT2D eigenvalue weighted by molar-refractivity contribution is 9.10. The van der Waals surface area contributed by atoms with E-state index in [1.807, 2.05) is 0 Å². The Kier molecular flexibility index (Phi) is 3.75. The highest BCUT2D eigenvalue weighted by Crippen LogP contribution is 2.36. The molecule has 0 fully saturated rings. The van der Waals surface area contributed by atoms with Crippen molar-refractivity contribution in [3.8, 4) is 0 Å². The summed E-state index contributed by atoms with van der Waals surface area (Å²) in [5.41, 5.74) is -1.38. The summed E-state index contributed by atoms with van der Waals surface area (Å²) in [5, 5.41) is 11.1. The van der Waals surface area contributed by atoms with Crippen molar-refractivity contribution in [2.45, 2.75) is 12.5 Å². The zero-order valence-electron chi connectivity index (χ0n) is 7.64. The number of hydrogen-bond donors (Lipinski definition) is 0. The Balaban J connectivity index is 3.27. The molecule has 1 aromatic carbocycles. The van der Waals surface area contributed by atoms with Crippen molar-refractivity contribution in [2.75, 3.05) is 7.11 Å². The second kappa shape index (κ2) is 4.51. The van der Waals surface area contributed by atoms with Gasteiger partial charge in [0.15, 0.2) is 0 Å². The molecule has 1 radical (unpaired) electrons. The normalized spacial score (nSPS) is 14.0. The Bertz CT molecular complexity index is 352. The quantitative estimate of drug-likeness (QED) is 0.764. The predicted molar refractivity (Wildman–Crippen MR) is 49.6 cm³/mol. The third-order valence-corrected chi connectivity index (χ3v) is 2.28. The van der Waals surface area contributed by atoms with Gasteiger partial charge in [0.1, 0.15) is 0 Å². The monoisotopic (exact) mass is 283 g/mol. The zero-order chi connectivity index (χ0) is 11.6. The van der Waals surface area contributed by atoms with Crippen molar-refractivity contribution in [2.24, 2.45) is 0 Å². The maximum absolute atomic E-state index is 12.5. The molecule has 83 valence electrons. The van der Waals surface area contributed by atoms with Gasteiger partial charge in [-0.3, -0.25) is 0 Å². The molecule has 6 heteroatoms. The van der Waals surface area contributed by atoms with E-state index in [1.165, 1.54) is 6.07 Å². The lowest BCUT2D eigenvalue weighted by Gasteiger charge is -2.15. The zero-order valence-corrected chi connectivity index (χ0v) is 9.22. The van der Waals surface area contributed by atoms with Crippen LogP contribution in [0.5, 0.6) is 0 Å². The molecule has 0 saturated carbocycles. The number of ether oxygens (including phenoxy) is 1. The molecule has 1 unspecified atom stereocenters. The first-order valence-electron chi connectivity index (χ1n) is 3.91. The predicted octanol–water partition coefficient (Wildman–Crippen LogP) is 3.54.